The third kappa shape index (κ3) is 3.86. The number of hydrogen-bond acceptors (Lipinski definition) is 3. The molecule has 1 rings (SSSR count). The van der Waals surface area contributed by atoms with E-state index in [0.717, 1.165) is 11.4 Å². The summed E-state index contributed by atoms with van der Waals surface area (Å²) >= 11 is -0.470. The van der Waals surface area contributed by atoms with Crippen LogP contribution in [0.4, 0.5) is 13.2 Å². The van der Waals surface area contributed by atoms with Gasteiger partial charge in [0.15, 0.2) is 0 Å². The molecule has 1 saturated heterocycles. The van der Waals surface area contributed by atoms with Crippen molar-refractivity contribution in [2.45, 2.75) is 29.2 Å². The van der Waals surface area contributed by atoms with E-state index in [9.17, 15) is 18.0 Å². The molecule has 0 aromatic carbocycles. The van der Waals surface area contributed by atoms with Gasteiger partial charge < -0.3 is 0 Å². The summed E-state index contributed by atoms with van der Waals surface area (Å²) in [7, 11) is 0. The summed E-state index contributed by atoms with van der Waals surface area (Å²) in [5.41, 5.74) is 0. The predicted octanol–water partition coefficient (Wildman–Crippen LogP) is -5.46. The zero-order valence-electron chi connectivity index (χ0n) is 8.65. The molecule has 3 nitrogen and oxygen atoms in total. The van der Waals surface area contributed by atoms with Gasteiger partial charge in [-0.3, -0.25) is 0 Å². The van der Waals surface area contributed by atoms with Crippen LogP contribution < -0.4 is 46.2 Å². The van der Waals surface area contributed by atoms with Gasteiger partial charge in [0.25, 0.3) is 0 Å². The summed E-state index contributed by atoms with van der Waals surface area (Å²) in [4.78, 5) is 13.4. The van der Waals surface area contributed by atoms with E-state index in [1.54, 1.807) is 0 Å². The third-order valence-electron chi connectivity index (χ3n) is 2.03. The molecule has 3 unspecified atom stereocenters. The van der Waals surface area contributed by atoms with Crippen molar-refractivity contribution < 1.29 is 65.4 Å². The van der Waals surface area contributed by atoms with Crippen LogP contribution in [0.1, 0.15) is 6.92 Å². The second-order valence-electron chi connectivity index (χ2n) is 3.24. The van der Waals surface area contributed by atoms with E-state index in [2.05, 4.69) is 8.27 Å². The summed E-state index contributed by atoms with van der Waals surface area (Å²) in [5.74, 6) is -0.693. The summed E-state index contributed by atoms with van der Waals surface area (Å²) in [6.07, 6.45) is -6.47. The molecule has 0 bridgehead atoms. The summed E-state index contributed by atoms with van der Waals surface area (Å²) < 4.78 is 44.8. The normalized spacial score (nSPS) is 25.2. The molecule has 0 amide bonds. The molecule has 8 heteroatoms. The van der Waals surface area contributed by atoms with Crippen LogP contribution in [0.2, 0.25) is 0 Å². The van der Waals surface area contributed by atoms with Crippen molar-refractivity contribution >= 4 is 5.97 Å². The van der Waals surface area contributed by atoms with Gasteiger partial charge in [-0.1, -0.05) is 0 Å². The van der Waals surface area contributed by atoms with Gasteiger partial charge in [0.05, 0.1) is 0 Å². The molecule has 0 spiro atoms. The van der Waals surface area contributed by atoms with Crippen molar-refractivity contribution in [3.8, 4) is 0 Å². The number of hydrogen-bond donors (Lipinski definition) is 1. The number of ether oxygens (including phenoxy) is 1. The van der Waals surface area contributed by atoms with E-state index >= 15 is 0 Å². The Morgan fingerprint density at radius 1 is 1.62 bits per heavy atom. The number of alkyl halides is 6. The molecular weight excluding hydrogens is 453 g/mol. The molecule has 0 aliphatic carbocycles. The van der Waals surface area contributed by atoms with Gasteiger partial charge in [-0.15, -0.1) is 0 Å². The maximum absolute atomic E-state index is 12.2. The Kier molecular flexibility index (Phi) is 5.55. The first-order valence-electron chi connectivity index (χ1n) is 4.45. The van der Waals surface area contributed by atoms with E-state index in [1.807, 2.05) is 4.93 Å². The number of carbonyl (C=O) groups is 1. The fourth-order valence-electron chi connectivity index (χ4n) is 1.01. The number of esters is 1. The first-order chi connectivity index (χ1) is 7.36. The number of carbonyl (C=O) groups excluding carboxylic acids is 1. The Hall–Kier alpha value is 0.680. The van der Waals surface area contributed by atoms with Gasteiger partial charge in [-0.05, 0) is 0 Å². The average Bonchev–Trinajstić information content (AvgIpc) is 2.08. The van der Waals surface area contributed by atoms with Crippen LogP contribution in [0.5, 0.6) is 0 Å². The van der Waals surface area contributed by atoms with E-state index in [1.165, 1.54) is 0 Å². The molecule has 0 aromatic heterocycles. The minimum atomic E-state index is -4.47. The molecular formula is C8H12F3I2NO2-2. The Bertz CT molecular complexity index is 258. The quantitative estimate of drug-likeness (QED) is 0.195. The molecule has 1 N–H and O–H groups in total. The van der Waals surface area contributed by atoms with Gasteiger partial charge in [0, 0.05) is 0 Å². The van der Waals surface area contributed by atoms with Crippen molar-refractivity contribution in [3.63, 3.8) is 0 Å². The fourth-order valence-corrected chi connectivity index (χ4v) is 6.45. The summed E-state index contributed by atoms with van der Waals surface area (Å²) in [5, 5.41) is 0. The number of nitrogens with one attached hydrogen (secondary N) is 1. The molecule has 0 radical (unpaired) electrons. The van der Waals surface area contributed by atoms with Crippen molar-refractivity contribution in [2.24, 2.45) is 0 Å². The van der Waals surface area contributed by atoms with Gasteiger partial charge in [-0.2, -0.15) is 0 Å². The number of rotatable bonds is 4. The molecule has 16 heavy (non-hydrogen) atoms. The minimum absolute atomic E-state index is 0.0209. The van der Waals surface area contributed by atoms with Crippen LogP contribution in [0.3, 0.4) is 0 Å². The fraction of sp³-hybridized carbons (Fsp3) is 0.875. The first kappa shape index (κ1) is 14.7. The van der Waals surface area contributed by atoms with E-state index < -0.39 is 39.5 Å². The van der Waals surface area contributed by atoms with Crippen molar-refractivity contribution in [1.82, 2.24) is 3.53 Å². The van der Waals surface area contributed by atoms with Gasteiger partial charge in [-0.25, -0.2) is 0 Å². The van der Waals surface area contributed by atoms with Gasteiger partial charge >= 0.3 is 113 Å². The summed E-state index contributed by atoms with van der Waals surface area (Å²) in [6.45, 7) is 0.865. The van der Waals surface area contributed by atoms with Gasteiger partial charge in [0.1, 0.15) is 0 Å². The predicted molar refractivity (Wildman–Crippen MR) is 43.1 cm³/mol. The Morgan fingerprint density at radius 2 is 2.19 bits per heavy atom. The molecule has 98 valence electrons. The second-order valence-corrected chi connectivity index (χ2v) is 8.10. The molecule has 1 fully saturated rings. The Labute approximate surface area is 113 Å². The van der Waals surface area contributed by atoms with Crippen LogP contribution in [-0.4, -0.2) is 37.6 Å². The van der Waals surface area contributed by atoms with Crippen molar-refractivity contribution in [3.05, 3.63) is 0 Å². The second kappa shape index (κ2) is 6.03. The molecule has 1 aliphatic heterocycles. The average molecular weight is 465 g/mol. The SMILES string of the molecule is C[I-]C(C(=O)OC(C)C(F)(F)F)C1C[I-]N1. The Balaban J connectivity index is 2.49. The molecule has 1 aliphatic rings. The van der Waals surface area contributed by atoms with Crippen LogP contribution in [0.25, 0.3) is 0 Å². The van der Waals surface area contributed by atoms with Crippen LogP contribution in [0.15, 0.2) is 0 Å². The van der Waals surface area contributed by atoms with E-state index in [4.69, 9.17) is 0 Å². The Morgan fingerprint density at radius 3 is 2.50 bits per heavy atom. The molecule has 3 atom stereocenters. The first-order valence-corrected chi connectivity index (χ1v) is 10.5. The van der Waals surface area contributed by atoms with E-state index in [-0.39, 0.29) is 31.4 Å². The maximum atomic E-state index is 12.2. The zero-order chi connectivity index (χ0) is 12.3. The van der Waals surface area contributed by atoms with Crippen molar-refractivity contribution in [2.75, 3.05) is 9.36 Å². The van der Waals surface area contributed by atoms with E-state index in [0.29, 0.717) is 0 Å². The van der Waals surface area contributed by atoms with Crippen molar-refractivity contribution in [1.29, 1.82) is 0 Å². The van der Waals surface area contributed by atoms with Crippen LogP contribution in [0, 0.1) is 0 Å². The number of halogens is 5. The van der Waals surface area contributed by atoms with Crippen LogP contribution >= 0.6 is 0 Å². The summed E-state index contributed by atoms with van der Waals surface area (Å²) in [6, 6.07) is 0.0681. The van der Waals surface area contributed by atoms with Gasteiger partial charge in [0.2, 0.25) is 0 Å². The standard InChI is InChI=1S/C8H12F3I2NO2/c1-4(8(9,10)11)16-7(15)6(12-2)5-3-13-14-5/h4-6,14H,3H2,1-2H3/q-2. The van der Waals surface area contributed by atoms with Crippen LogP contribution in [-0.2, 0) is 9.53 Å². The third-order valence-corrected chi connectivity index (χ3v) is 7.38. The molecule has 1 heterocycles. The zero-order valence-corrected chi connectivity index (χ0v) is 13.0. The monoisotopic (exact) mass is 465 g/mol. The topological polar surface area (TPSA) is 38.3 Å². The molecule has 0 saturated carbocycles. The molecule has 0 aromatic rings.